The van der Waals surface area contributed by atoms with Crippen molar-refractivity contribution in [3.63, 3.8) is 0 Å². The van der Waals surface area contributed by atoms with Crippen LogP contribution in [0.25, 0.3) is 0 Å². The van der Waals surface area contributed by atoms with Crippen LogP contribution in [0.1, 0.15) is 23.2 Å². The summed E-state index contributed by atoms with van der Waals surface area (Å²) in [6.07, 6.45) is -0.498. The van der Waals surface area contributed by atoms with Gasteiger partial charge in [0.1, 0.15) is 11.5 Å². The van der Waals surface area contributed by atoms with E-state index in [1.807, 2.05) is 49.4 Å². The van der Waals surface area contributed by atoms with E-state index in [2.05, 4.69) is 9.80 Å². The highest BCUT2D eigenvalue weighted by Crippen LogP contribution is 2.16. The molecule has 0 bridgehead atoms. The van der Waals surface area contributed by atoms with Gasteiger partial charge >= 0.3 is 0 Å². The number of aryl methyl sites for hydroxylation is 1. The second-order valence-corrected chi connectivity index (χ2v) is 6.63. The van der Waals surface area contributed by atoms with Crippen LogP contribution in [0.15, 0.2) is 46.9 Å². The molecule has 0 amide bonds. The van der Waals surface area contributed by atoms with Gasteiger partial charge in [-0.15, -0.1) is 0 Å². The number of benzene rings is 1. The summed E-state index contributed by atoms with van der Waals surface area (Å²) < 4.78 is 11.2. The van der Waals surface area contributed by atoms with Gasteiger partial charge in [0.2, 0.25) is 0 Å². The first-order valence-electron chi connectivity index (χ1n) is 9.01. The number of hydrogen-bond acceptors (Lipinski definition) is 5. The third kappa shape index (κ3) is 5.68. The molecule has 136 valence electrons. The van der Waals surface area contributed by atoms with E-state index in [-0.39, 0.29) is 0 Å². The molecule has 3 rings (SSSR count). The third-order valence-electron chi connectivity index (χ3n) is 4.63. The summed E-state index contributed by atoms with van der Waals surface area (Å²) in [5, 5.41) is 10.6. The molecule has 1 fully saturated rings. The van der Waals surface area contributed by atoms with Crippen molar-refractivity contribution in [2.45, 2.75) is 19.6 Å². The number of ether oxygens (including phenoxy) is 1. The Balaban J connectivity index is 1.60. The van der Waals surface area contributed by atoms with Gasteiger partial charge in [0.25, 0.3) is 0 Å². The maximum Gasteiger partial charge on any atom is 0.118 e. The fraction of sp³-hybridized carbons (Fsp3) is 0.500. The fourth-order valence-electron chi connectivity index (χ4n) is 3.16. The van der Waals surface area contributed by atoms with Crippen molar-refractivity contribution in [3.8, 4) is 0 Å². The Labute approximate surface area is 149 Å². The molecular weight excluding hydrogens is 316 g/mol. The van der Waals surface area contributed by atoms with Crippen LogP contribution in [0.4, 0.5) is 0 Å². The van der Waals surface area contributed by atoms with Crippen LogP contribution in [-0.2, 0) is 11.3 Å². The highest BCUT2D eigenvalue weighted by molar-refractivity contribution is 5.17. The van der Waals surface area contributed by atoms with Crippen molar-refractivity contribution in [2.24, 2.45) is 0 Å². The zero-order valence-electron chi connectivity index (χ0n) is 14.9. The summed E-state index contributed by atoms with van der Waals surface area (Å²) in [4.78, 5) is 4.68. The highest BCUT2D eigenvalue weighted by atomic mass is 16.5. The summed E-state index contributed by atoms with van der Waals surface area (Å²) in [5.74, 6) is 1.87. The van der Waals surface area contributed by atoms with Gasteiger partial charge in [0, 0.05) is 32.7 Å². The lowest BCUT2D eigenvalue weighted by atomic mass is 10.1. The van der Waals surface area contributed by atoms with Gasteiger partial charge in [0.15, 0.2) is 0 Å². The molecule has 1 aromatic heterocycles. The van der Waals surface area contributed by atoms with Crippen LogP contribution < -0.4 is 0 Å². The number of furan rings is 1. The molecule has 5 nitrogen and oxygen atoms in total. The second-order valence-electron chi connectivity index (χ2n) is 6.63. The minimum atomic E-state index is -0.498. The normalized spacial score (nSPS) is 17.1. The SMILES string of the molecule is Cc1ccc(CN(CCN2CCOCC2)CC(O)c2ccccc2)o1. The summed E-state index contributed by atoms with van der Waals surface area (Å²) in [6.45, 7) is 8.71. The molecule has 1 atom stereocenters. The van der Waals surface area contributed by atoms with Gasteiger partial charge < -0.3 is 14.3 Å². The Hall–Kier alpha value is -1.66. The predicted octanol–water partition coefficient (Wildman–Crippen LogP) is 2.46. The Kier molecular flexibility index (Phi) is 6.64. The fourth-order valence-corrected chi connectivity index (χ4v) is 3.16. The van der Waals surface area contributed by atoms with E-state index in [1.54, 1.807) is 0 Å². The van der Waals surface area contributed by atoms with Crippen molar-refractivity contribution in [3.05, 3.63) is 59.5 Å². The summed E-state index contributed by atoms with van der Waals surface area (Å²) in [5.41, 5.74) is 0.953. The molecule has 2 aromatic rings. The Morgan fingerprint density at radius 2 is 1.88 bits per heavy atom. The third-order valence-corrected chi connectivity index (χ3v) is 4.63. The van der Waals surface area contributed by atoms with Gasteiger partial charge in [-0.2, -0.15) is 0 Å². The number of aliphatic hydroxyl groups excluding tert-OH is 1. The standard InChI is InChI=1S/C20H28N2O3/c1-17-7-8-19(25-17)15-22(10-9-21-11-13-24-14-12-21)16-20(23)18-5-3-2-4-6-18/h2-8,20,23H,9-16H2,1H3. The molecular formula is C20H28N2O3. The highest BCUT2D eigenvalue weighted by Gasteiger charge is 2.17. The first kappa shape index (κ1) is 18.1. The first-order valence-corrected chi connectivity index (χ1v) is 9.01. The summed E-state index contributed by atoms with van der Waals surface area (Å²) >= 11 is 0. The van der Waals surface area contributed by atoms with Gasteiger partial charge in [0.05, 0.1) is 25.9 Å². The maximum atomic E-state index is 10.6. The number of nitrogens with zero attached hydrogens (tertiary/aromatic N) is 2. The van der Waals surface area contributed by atoms with Crippen molar-refractivity contribution >= 4 is 0 Å². The maximum absolute atomic E-state index is 10.6. The van der Waals surface area contributed by atoms with E-state index in [0.717, 1.165) is 56.5 Å². The van der Waals surface area contributed by atoms with E-state index in [0.29, 0.717) is 13.1 Å². The lowest BCUT2D eigenvalue weighted by Gasteiger charge is -2.30. The quantitative estimate of drug-likeness (QED) is 0.797. The Morgan fingerprint density at radius 3 is 2.56 bits per heavy atom. The van der Waals surface area contributed by atoms with E-state index in [9.17, 15) is 5.11 Å². The summed E-state index contributed by atoms with van der Waals surface area (Å²) in [6, 6.07) is 13.9. The average Bonchev–Trinajstić information content (AvgIpc) is 3.06. The molecule has 1 unspecified atom stereocenters. The molecule has 1 aromatic carbocycles. The molecule has 25 heavy (non-hydrogen) atoms. The number of aliphatic hydroxyl groups is 1. The van der Waals surface area contributed by atoms with Crippen LogP contribution in [0.5, 0.6) is 0 Å². The van der Waals surface area contributed by atoms with E-state index in [1.165, 1.54) is 0 Å². The minimum absolute atomic E-state index is 0.498. The van der Waals surface area contributed by atoms with Gasteiger partial charge in [-0.1, -0.05) is 30.3 Å². The molecule has 0 aliphatic carbocycles. The van der Waals surface area contributed by atoms with Crippen LogP contribution in [0.3, 0.4) is 0 Å². The van der Waals surface area contributed by atoms with Crippen molar-refractivity contribution in [1.29, 1.82) is 0 Å². The van der Waals surface area contributed by atoms with E-state index >= 15 is 0 Å². The zero-order valence-corrected chi connectivity index (χ0v) is 14.9. The Bertz CT molecular complexity index is 623. The largest absolute Gasteiger partial charge is 0.465 e. The number of rotatable bonds is 8. The van der Waals surface area contributed by atoms with Crippen molar-refractivity contribution < 1.29 is 14.3 Å². The Morgan fingerprint density at radius 1 is 1.12 bits per heavy atom. The summed E-state index contributed by atoms with van der Waals surface area (Å²) in [7, 11) is 0. The molecule has 1 aliphatic rings. The van der Waals surface area contributed by atoms with Crippen molar-refractivity contribution in [2.75, 3.05) is 45.9 Å². The molecule has 1 aliphatic heterocycles. The first-order chi connectivity index (χ1) is 12.2. The van der Waals surface area contributed by atoms with E-state index < -0.39 is 6.10 Å². The molecule has 2 heterocycles. The number of morpholine rings is 1. The van der Waals surface area contributed by atoms with Crippen LogP contribution >= 0.6 is 0 Å². The van der Waals surface area contributed by atoms with Gasteiger partial charge in [-0.05, 0) is 24.6 Å². The van der Waals surface area contributed by atoms with Crippen molar-refractivity contribution in [1.82, 2.24) is 9.80 Å². The molecule has 1 saturated heterocycles. The molecule has 0 spiro atoms. The van der Waals surface area contributed by atoms with Crippen LogP contribution in [-0.4, -0.2) is 60.8 Å². The molecule has 0 saturated carbocycles. The lowest BCUT2D eigenvalue weighted by Crippen LogP contribution is -2.42. The average molecular weight is 344 g/mol. The minimum Gasteiger partial charge on any atom is -0.465 e. The monoisotopic (exact) mass is 344 g/mol. The molecule has 5 heteroatoms. The van der Waals surface area contributed by atoms with Crippen LogP contribution in [0, 0.1) is 6.92 Å². The molecule has 0 radical (unpaired) electrons. The van der Waals surface area contributed by atoms with Crippen LogP contribution in [0.2, 0.25) is 0 Å². The van der Waals surface area contributed by atoms with E-state index in [4.69, 9.17) is 9.15 Å². The topological polar surface area (TPSA) is 49.1 Å². The predicted molar refractivity (Wildman–Crippen MR) is 97.4 cm³/mol. The molecule has 1 N–H and O–H groups in total. The number of hydrogen-bond donors (Lipinski definition) is 1. The smallest absolute Gasteiger partial charge is 0.118 e. The van der Waals surface area contributed by atoms with Gasteiger partial charge in [-0.25, -0.2) is 0 Å². The zero-order chi connectivity index (χ0) is 17.5. The lowest BCUT2D eigenvalue weighted by molar-refractivity contribution is 0.0284. The van der Waals surface area contributed by atoms with Gasteiger partial charge in [-0.3, -0.25) is 9.80 Å². The second kappa shape index (κ2) is 9.15.